The summed E-state index contributed by atoms with van der Waals surface area (Å²) in [5, 5.41) is 5.93. The van der Waals surface area contributed by atoms with Crippen LogP contribution in [-0.2, 0) is 11.3 Å². The van der Waals surface area contributed by atoms with E-state index in [1.54, 1.807) is 6.07 Å². The first-order valence-electron chi connectivity index (χ1n) is 6.94. The number of hydrogen-bond donors (Lipinski definition) is 2. The molecule has 2 N–H and O–H groups in total. The van der Waals surface area contributed by atoms with Gasteiger partial charge in [-0.3, -0.25) is 4.79 Å². The van der Waals surface area contributed by atoms with Crippen LogP contribution in [0.25, 0.3) is 0 Å². The smallest absolute Gasteiger partial charge is 0.223 e. The van der Waals surface area contributed by atoms with Crippen LogP contribution in [0.4, 0.5) is 4.39 Å². The normalized spacial score (nSPS) is 10.7. The third-order valence-electron chi connectivity index (χ3n) is 2.62. The van der Waals surface area contributed by atoms with Gasteiger partial charge in [0.05, 0.1) is 13.0 Å². The van der Waals surface area contributed by atoms with Crippen LogP contribution >= 0.6 is 0 Å². The van der Waals surface area contributed by atoms with E-state index in [1.807, 2.05) is 20.8 Å². The second-order valence-corrected chi connectivity index (χ2v) is 4.85. The lowest BCUT2D eigenvalue weighted by atomic mass is 10.2. The van der Waals surface area contributed by atoms with Gasteiger partial charge >= 0.3 is 0 Å². The maximum Gasteiger partial charge on any atom is 0.223 e. The summed E-state index contributed by atoms with van der Waals surface area (Å²) in [6, 6.07) is 4.53. The number of hydrogen-bond acceptors (Lipinski definition) is 3. The van der Waals surface area contributed by atoms with Crippen molar-refractivity contribution in [2.75, 3.05) is 13.2 Å². The molecule has 0 fully saturated rings. The van der Waals surface area contributed by atoms with Crippen molar-refractivity contribution in [2.24, 2.45) is 0 Å². The number of ether oxygens (including phenoxy) is 1. The lowest BCUT2D eigenvalue weighted by molar-refractivity contribution is -0.122. The van der Waals surface area contributed by atoms with E-state index < -0.39 is 0 Å². The van der Waals surface area contributed by atoms with E-state index in [4.69, 9.17) is 4.74 Å². The van der Waals surface area contributed by atoms with Gasteiger partial charge < -0.3 is 15.4 Å². The Morgan fingerprint density at radius 2 is 2.15 bits per heavy atom. The lowest BCUT2D eigenvalue weighted by Crippen LogP contribution is -2.31. The number of carbonyl (C=O) groups is 1. The molecule has 0 aliphatic rings. The minimum atomic E-state index is -0.289. The summed E-state index contributed by atoms with van der Waals surface area (Å²) >= 11 is 0. The zero-order valence-electron chi connectivity index (χ0n) is 12.3. The molecule has 1 rings (SSSR count). The summed E-state index contributed by atoms with van der Waals surface area (Å²) in [6.07, 6.45) is 0.288. The van der Waals surface area contributed by atoms with Crippen LogP contribution in [-0.4, -0.2) is 25.1 Å². The first-order chi connectivity index (χ1) is 9.52. The van der Waals surface area contributed by atoms with E-state index >= 15 is 0 Å². The van der Waals surface area contributed by atoms with Crippen molar-refractivity contribution in [3.05, 3.63) is 29.6 Å². The number of nitrogens with one attached hydrogen (secondary N) is 2. The SMILES string of the molecule is CCNCc1cc(F)ccc1OCCC(=O)NC(C)C. The Labute approximate surface area is 119 Å². The molecule has 20 heavy (non-hydrogen) atoms. The number of halogens is 1. The molecule has 0 aliphatic carbocycles. The summed E-state index contributed by atoms with van der Waals surface area (Å²) in [5.74, 6) is 0.280. The minimum absolute atomic E-state index is 0.0460. The molecule has 0 aliphatic heterocycles. The topological polar surface area (TPSA) is 50.4 Å². The molecular formula is C15H23FN2O2. The molecule has 4 nitrogen and oxygen atoms in total. The zero-order chi connectivity index (χ0) is 15.0. The second kappa shape index (κ2) is 8.53. The van der Waals surface area contributed by atoms with Crippen LogP contribution in [0.2, 0.25) is 0 Å². The molecule has 0 unspecified atom stereocenters. The second-order valence-electron chi connectivity index (χ2n) is 4.85. The third-order valence-corrected chi connectivity index (χ3v) is 2.62. The summed E-state index contributed by atoms with van der Waals surface area (Å²) in [4.78, 5) is 11.5. The molecule has 0 saturated heterocycles. The van der Waals surface area contributed by atoms with Gasteiger partial charge in [-0.15, -0.1) is 0 Å². The molecule has 1 aromatic rings. The van der Waals surface area contributed by atoms with Crippen molar-refractivity contribution in [1.82, 2.24) is 10.6 Å². The molecule has 0 spiro atoms. The molecule has 0 aromatic heterocycles. The minimum Gasteiger partial charge on any atom is -0.493 e. The van der Waals surface area contributed by atoms with E-state index in [2.05, 4.69) is 10.6 Å². The molecule has 0 heterocycles. The van der Waals surface area contributed by atoms with E-state index in [9.17, 15) is 9.18 Å². The Bertz CT molecular complexity index is 436. The van der Waals surface area contributed by atoms with Crippen LogP contribution in [0, 0.1) is 5.82 Å². The molecule has 112 valence electrons. The summed E-state index contributed by atoms with van der Waals surface area (Å²) in [7, 11) is 0. The van der Waals surface area contributed by atoms with Gasteiger partial charge in [0.15, 0.2) is 0 Å². The fraction of sp³-hybridized carbons (Fsp3) is 0.533. The highest BCUT2D eigenvalue weighted by Crippen LogP contribution is 2.19. The maximum atomic E-state index is 13.2. The number of amides is 1. The predicted molar refractivity (Wildman–Crippen MR) is 77.2 cm³/mol. The van der Waals surface area contributed by atoms with Crippen molar-refractivity contribution < 1.29 is 13.9 Å². The Morgan fingerprint density at radius 3 is 2.80 bits per heavy atom. The van der Waals surface area contributed by atoms with Crippen LogP contribution in [0.3, 0.4) is 0 Å². The first-order valence-corrected chi connectivity index (χ1v) is 6.94. The fourth-order valence-electron chi connectivity index (χ4n) is 1.73. The summed E-state index contributed by atoms with van der Waals surface area (Å²) in [6.45, 7) is 7.43. The standard InChI is InChI=1S/C15H23FN2O2/c1-4-17-10-12-9-13(16)5-6-14(12)20-8-7-15(19)18-11(2)3/h5-6,9,11,17H,4,7-8,10H2,1-3H3,(H,18,19). The maximum absolute atomic E-state index is 13.2. The van der Waals surface area contributed by atoms with Crippen molar-refractivity contribution in [2.45, 2.75) is 39.8 Å². The van der Waals surface area contributed by atoms with Crippen molar-refractivity contribution in [1.29, 1.82) is 0 Å². The average Bonchev–Trinajstić information content (AvgIpc) is 2.37. The Balaban J connectivity index is 2.52. The molecule has 1 aromatic carbocycles. The largest absolute Gasteiger partial charge is 0.493 e. The number of carbonyl (C=O) groups excluding carboxylic acids is 1. The van der Waals surface area contributed by atoms with Gasteiger partial charge in [0.1, 0.15) is 11.6 Å². The van der Waals surface area contributed by atoms with Gasteiger partial charge in [-0.2, -0.15) is 0 Å². The molecule has 0 bridgehead atoms. The highest BCUT2D eigenvalue weighted by Gasteiger charge is 2.07. The van der Waals surface area contributed by atoms with Gasteiger partial charge in [0, 0.05) is 18.2 Å². The molecule has 0 atom stereocenters. The van der Waals surface area contributed by atoms with Gasteiger partial charge in [-0.05, 0) is 38.6 Å². The number of benzene rings is 1. The Kier molecular flexibility index (Phi) is 7.01. The van der Waals surface area contributed by atoms with Gasteiger partial charge in [-0.1, -0.05) is 6.92 Å². The van der Waals surface area contributed by atoms with Gasteiger partial charge in [0.2, 0.25) is 5.91 Å². The van der Waals surface area contributed by atoms with E-state index in [1.165, 1.54) is 12.1 Å². The predicted octanol–water partition coefficient (Wildman–Crippen LogP) is 2.23. The average molecular weight is 282 g/mol. The lowest BCUT2D eigenvalue weighted by Gasteiger charge is -2.13. The van der Waals surface area contributed by atoms with Gasteiger partial charge in [0.25, 0.3) is 0 Å². The first kappa shape index (κ1) is 16.4. The molecular weight excluding hydrogens is 259 g/mol. The van der Waals surface area contributed by atoms with Crippen LogP contribution in [0.15, 0.2) is 18.2 Å². The molecule has 0 radical (unpaired) electrons. The van der Waals surface area contributed by atoms with Crippen LogP contribution < -0.4 is 15.4 Å². The van der Waals surface area contributed by atoms with Crippen molar-refractivity contribution >= 4 is 5.91 Å². The summed E-state index contributed by atoms with van der Waals surface area (Å²) < 4.78 is 18.8. The van der Waals surface area contributed by atoms with Gasteiger partial charge in [-0.25, -0.2) is 4.39 Å². The van der Waals surface area contributed by atoms with Crippen molar-refractivity contribution in [3.63, 3.8) is 0 Å². The Morgan fingerprint density at radius 1 is 1.40 bits per heavy atom. The fourth-order valence-corrected chi connectivity index (χ4v) is 1.73. The monoisotopic (exact) mass is 282 g/mol. The van der Waals surface area contributed by atoms with Crippen LogP contribution in [0.5, 0.6) is 5.75 Å². The molecule has 1 amide bonds. The van der Waals surface area contributed by atoms with E-state index in [-0.39, 0.29) is 30.8 Å². The highest BCUT2D eigenvalue weighted by atomic mass is 19.1. The van der Waals surface area contributed by atoms with E-state index in [0.29, 0.717) is 12.3 Å². The number of rotatable bonds is 8. The summed E-state index contributed by atoms with van der Waals surface area (Å²) in [5.41, 5.74) is 0.760. The van der Waals surface area contributed by atoms with Crippen LogP contribution in [0.1, 0.15) is 32.8 Å². The quantitative estimate of drug-likeness (QED) is 0.769. The third kappa shape index (κ3) is 6.02. The molecule has 5 heteroatoms. The zero-order valence-corrected chi connectivity index (χ0v) is 12.3. The Hall–Kier alpha value is -1.62. The van der Waals surface area contributed by atoms with E-state index in [0.717, 1.165) is 12.1 Å². The molecule has 0 saturated carbocycles. The highest BCUT2D eigenvalue weighted by molar-refractivity contribution is 5.76. The van der Waals surface area contributed by atoms with Crippen molar-refractivity contribution in [3.8, 4) is 5.75 Å².